The number of hydrogen-bond donors (Lipinski definition) is 3. The molecule has 0 radical (unpaired) electrons. The number of amides is 1. The highest BCUT2D eigenvalue weighted by Gasteiger charge is 2.27. The molecule has 1 aliphatic rings. The number of benzene rings is 1. The van der Waals surface area contributed by atoms with Crippen LogP contribution in [0.25, 0.3) is 0 Å². The van der Waals surface area contributed by atoms with Gasteiger partial charge in [-0.1, -0.05) is 0 Å². The average molecular weight is 277 g/mol. The Morgan fingerprint density at radius 2 is 2.20 bits per heavy atom. The standard InChI is InChI=1S/C14H19N3O3/c1-16-13(18)9-3-2-6-17(8-9)12-7-10(15)4-5-11(12)14(19)20/h4-5,7,9H,2-3,6,8,15H2,1H3,(H,16,18)(H,19,20). The number of aromatic carboxylic acids is 1. The van der Waals surface area contributed by atoms with E-state index in [0.717, 1.165) is 19.4 Å². The van der Waals surface area contributed by atoms with Crippen LogP contribution in [0.15, 0.2) is 18.2 Å². The Kier molecular flexibility index (Phi) is 4.12. The number of nitrogens with two attached hydrogens (primary N) is 1. The predicted octanol–water partition coefficient (Wildman–Crippen LogP) is 0.929. The number of carbonyl (C=O) groups is 2. The van der Waals surface area contributed by atoms with Crippen molar-refractivity contribution in [1.29, 1.82) is 0 Å². The van der Waals surface area contributed by atoms with Gasteiger partial charge in [0.15, 0.2) is 0 Å². The number of piperidine rings is 1. The van der Waals surface area contributed by atoms with Crippen LogP contribution in [0.5, 0.6) is 0 Å². The van der Waals surface area contributed by atoms with E-state index in [2.05, 4.69) is 5.32 Å². The van der Waals surface area contributed by atoms with Crippen molar-refractivity contribution >= 4 is 23.3 Å². The zero-order valence-electron chi connectivity index (χ0n) is 11.4. The maximum atomic E-state index is 11.8. The van der Waals surface area contributed by atoms with E-state index >= 15 is 0 Å². The van der Waals surface area contributed by atoms with Crippen molar-refractivity contribution in [1.82, 2.24) is 5.32 Å². The largest absolute Gasteiger partial charge is 0.478 e. The first-order valence-electron chi connectivity index (χ1n) is 6.62. The molecule has 1 saturated heterocycles. The Morgan fingerprint density at radius 1 is 1.45 bits per heavy atom. The molecule has 1 fully saturated rings. The van der Waals surface area contributed by atoms with Gasteiger partial charge in [-0.15, -0.1) is 0 Å². The summed E-state index contributed by atoms with van der Waals surface area (Å²) in [5.74, 6) is -1.10. The number of nitrogens with zero attached hydrogens (tertiary/aromatic N) is 1. The number of anilines is 2. The smallest absolute Gasteiger partial charge is 0.337 e. The van der Waals surface area contributed by atoms with Crippen LogP contribution in [0.3, 0.4) is 0 Å². The average Bonchev–Trinajstić information content (AvgIpc) is 2.46. The molecule has 1 unspecified atom stereocenters. The van der Waals surface area contributed by atoms with Gasteiger partial charge in [-0.2, -0.15) is 0 Å². The van der Waals surface area contributed by atoms with E-state index in [4.69, 9.17) is 5.73 Å². The van der Waals surface area contributed by atoms with E-state index in [0.29, 0.717) is 17.9 Å². The van der Waals surface area contributed by atoms with Gasteiger partial charge in [0, 0.05) is 25.8 Å². The van der Waals surface area contributed by atoms with Gasteiger partial charge in [0.25, 0.3) is 0 Å². The number of rotatable bonds is 3. The number of carbonyl (C=O) groups excluding carboxylic acids is 1. The SMILES string of the molecule is CNC(=O)C1CCCN(c2cc(N)ccc2C(=O)O)C1. The Morgan fingerprint density at radius 3 is 2.85 bits per heavy atom. The number of nitrogen functional groups attached to an aromatic ring is 1. The van der Waals surface area contributed by atoms with Gasteiger partial charge in [-0.05, 0) is 31.0 Å². The molecule has 0 saturated carbocycles. The normalized spacial score (nSPS) is 18.6. The van der Waals surface area contributed by atoms with Crippen LogP contribution in [0.2, 0.25) is 0 Å². The molecule has 4 N–H and O–H groups in total. The zero-order valence-corrected chi connectivity index (χ0v) is 11.4. The van der Waals surface area contributed by atoms with Crippen LogP contribution in [-0.4, -0.2) is 37.1 Å². The number of hydrogen-bond acceptors (Lipinski definition) is 4. The van der Waals surface area contributed by atoms with Gasteiger partial charge in [0.1, 0.15) is 0 Å². The van der Waals surface area contributed by atoms with Crippen molar-refractivity contribution in [2.45, 2.75) is 12.8 Å². The molecule has 1 heterocycles. The molecule has 0 bridgehead atoms. The summed E-state index contributed by atoms with van der Waals surface area (Å²) in [5, 5.41) is 11.9. The predicted molar refractivity (Wildman–Crippen MR) is 76.8 cm³/mol. The summed E-state index contributed by atoms with van der Waals surface area (Å²) in [7, 11) is 1.62. The molecule has 20 heavy (non-hydrogen) atoms. The second kappa shape index (κ2) is 5.81. The molecule has 1 aromatic carbocycles. The second-order valence-electron chi connectivity index (χ2n) is 4.98. The Bertz CT molecular complexity index is 530. The van der Waals surface area contributed by atoms with Gasteiger partial charge in [0.2, 0.25) is 5.91 Å². The Balaban J connectivity index is 2.28. The van der Waals surface area contributed by atoms with E-state index < -0.39 is 5.97 Å². The van der Waals surface area contributed by atoms with Crippen molar-refractivity contribution in [3.8, 4) is 0 Å². The molecule has 1 aromatic rings. The van der Waals surface area contributed by atoms with Crippen LogP contribution in [0.1, 0.15) is 23.2 Å². The molecule has 1 amide bonds. The summed E-state index contributed by atoms with van der Waals surface area (Å²) < 4.78 is 0. The fourth-order valence-electron chi connectivity index (χ4n) is 2.61. The minimum Gasteiger partial charge on any atom is -0.478 e. The fourth-order valence-corrected chi connectivity index (χ4v) is 2.61. The minimum absolute atomic E-state index is 0.00419. The highest BCUT2D eigenvalue weighted by molar-refractivity contribution is 5.95. The highest BCUT2D eigenvalue weighted by atomic mass is 16.4. The first-order valence-corrected chi connectivity index (χ1v) is 6.62. The summed E-state index contributed by atoms with van der Waals surface area (Å²) >= 11 is 0. The van der Waals surface area contributed by atoms with Crippen LogP contribution in [0, 0.1) is 5.92 Å². The third-order valence-corrected chi connectivity index (χ3v) is 3.63. The molecule has 108 valence electrons. The van der Waals surface area contributed by atoms with Crippen molar-refractivity contribution in [2.24, 2.45) is 5.92 Å². The molecule has 0 aliphatic carbocycles. The van der Waals surface area contributed by atoms with Crippen LogP contribution in [0.4, 0.5) is 11.4 Å². The van der Waals surface area contributed by atoms with Crippen LogP contribution in [-0.2, 0) is 4.79 Å². The molecule has 6 nitrogen and oxygen atoms in total. The topological polar surface area (TPSA) is 95.7 Å². The minimum atomic E-state index is -0.984. The lowest BCUT2D eigenvalue weighted by atomic mass is 9.96. The first kappa shape index (κ1) is 14.2. The maximum Gasteiger partial charge on any atom is 0.337 e. The Hall–Kier alpha value is -2.24. The first-order chi connectivity index (χ1) is 9.52. The van der Waals surface area contributed by atoms with Gasteiger partial charge in [-0.3, -0.25) is 4.79 Å². The van der Waals surface area contributed by atoms with E-state index in [9.17, 15) is 14.7 Å². The lowest BCUT2D eigenvalue weighted by Crippen LogP contribution is -2.42. The van der Waals surface area contributed by atoms with Crippen molar-refractivity contribution < 1.29 is 14.7 Å². The molecule has 1 aliphatic heterocycles. The van der Waals surface area contributed by atoms with Crippen molar-refractivity contribution in [2.75, 3.05) is 30.8 Å². The summed E-state index contributed by atoms with van der Waals surface area (Å²) in [6.07, 6.45) is 1.67. The Labute approximate surface area is 117 Å². The molecule has 0 spiro atoms. The van der Waals surface area contributed by atoms with Gasteiger partial charge in [-0.25, -0.2) is 4.79 Å². The van der Waals surface area contributed by atoms with E-state index in [-0.39, 0.29) is 17.4 Å². The molecular formula is C14H19N3O3. The zero-order chi connectivity index (χ0) is 14.7. The summed E-state index contributed by atoms with van der Waals surface area (Å²) in [6.45, 7) is 1.25. The van der Waals surface area contributed by atoms with E-state index in [1.165, 1.54) is 6.07 Å². The van der Waals surface area contributed by atoms with Crippen molar-refractivity contribution in [3.63, 3.8) is 0 Å². The summed E-state index contributed by atoms with van der Waals surface area (Å²) in [5.41, 5.74) is 7.08. The van der Waals surface area contributed by atoms with Gasteiger partial charge >= 0.3 is 5.97 Å². The summed E-state index contributed by atoms with van der Waals surface area (Å²) in [6, 6.07) is 4.75. The second-order valence-corrected chi connectivity index (χ2v) is 4.98. The van der Waals surface area contributed by atoms with Crippen molar-refractivity contribution in [3.05, 3.63) is 23.8 Å². The third kappa shape index (κ3) is 2.84. The van der Waals surface area contributed by atoms with Crippen LogP contribution >= 0.6 is 0 Å². The molecule has 1 atom stereocenters. The summed E-state index contributed by atoms with van der Waals surface area (Å²) in [4.78, 5) is 25.0. The van der Waals surface area contributed by atoms with Gasteiger partial charge < -0.3 is 21.1 Å². The number of carboxylic acids is 1. The lowest BCUT2D eigenvalue weighted by Gasteiger charge is -2.34. The monoisotopic (exact) mass is 277 g/mol. The number of nitrogens with one attached hydrogen (secondary N) is 1. The maximum absolute atomic E-state index is 11.8. The quantitative estimate of drug-likeness (QED) is 0.714. The fraction of sp³-hybridized carbons (Fsp3) is 0.429. The van der Waals surface area contributed by atoms with E-state index in [1.807, 2.05) is 4.90 Å². The molecular weight excluding hydrogens is 258 g/mol. The van der Waals surface area contributed by atoms with Crippen LogP contribution < -0.4 is 16.0 Å². The number of carboxylic acid groups (broad SMARTS) is 1. The highest BCUT2D eigenvalue weighted by Crippen LogP contribution is 2.28. The molecule has 2 rings (SSSR count). The van der Waals surface area contributed by atoms with Gasteiger partial charge in [0.05, 0.1) is 17.2 Å². The van der Waals surface area contributed by atoms with E-state index in [1.54, 1.807) is 19.2 Å². The molecule has 6 heteroatoms. The molecule has 0 aromatic heterocycles. The lowest BCUT2D eigenvalue weighted by molar-refractivity contribution is -0.124. The third-order valence-electron chi connectivity index (χ3n) is 3.63.